The van der Waals surface area contributed by atoms with Gasteiger partial charge < -0.3 is 10.2 Å². The maximum absolute atomic E-state index is 12.2. The lowest BCUT2D eigenvalue weighted by Crippen LogP contribution is -2.23. The molecule has 0 aliphatic carbocycles. The van der Waals surface area contributed by atoms with Crippen molar-refractivity contribution in [2.75, 3.05) is 16.8 Å². The highest BCUT2D eigenvalue weighted by Gasteiger charge is 2.21. The molecular formula is C21H24N2O2. The SMILES string of the molecule is CC(C)c1ccc(NC(=O)Cc2ccc(N3CCCC3=O)cc2)cc1. The van der Waals surface area contributed by atoms with Gasteiger partial charge in [-0.3, -0.25) is 9.59 Å². The van der Waals surface area contributed by atoms with Crippen LogP contribution in [0.2, 0.25) is 0 Å². The first-order valence-electron chi connectivity index (χ1n) is 8.82. The second-order valence-corrected chi connectivity index (χ2v) is 6.82. The minimum atomic E-state index is -0.0395. The summed E-state index contributed by atoms with van der Waals surface area (Å²) < 4.78 is 0. The summed E-state index contributed by atoms with van der Waals surface area (Å²) in [6, 6.07) is 15.6. The lowest BCUT2D eigenvalue weighted by Gasteiger charge is -2.16. The van der Waals surface area contributed by atoms with Crippen molar-refractivity contribution in [2.24, 2.45) is 0 Å². The number of rotatable bonds is 5. The second kappa shape index (κ2) is 7.51. The van der Waals surface area contributed by atoms with E-state index in [-0.39, 0.29) is 11.8 Å². The number of benzene rings is 2. The Kier molecular flexibility index (Phi) is 5.17. The monoisotopic (exact) mass is 336 g/mol. The third-order valence-corrected chi connectivity index (χ3v) is 4.55. The topological polar surface area (TPSA) is 49.4 Å². The number of hydrogen-bond donors (Lipinski definition) is 1. The third-order valence-electron chi connectivity index (χ3n) is 4.55. The predicted octanol–water partition coefficient (Wildman–Crippen LogP) is 4.12. The smallest absolute Gasteiger partial charge is 0.228 e. The summed E-state index contributed by atoms with van der Waals surface area (Å²) >= 11 is 0. The number of anilines is 2. The number of carbonyl (C=O) groups is 2. The van der Waals surface area contributed by atoms with Crippen LogP contribution in [0.25, 0.3) is 0 Å². The van der Waals surface area contributed by atoms with E-state index < -0.39 is 0 Å². The van der Waals surface area contributed by atoms with Crippen molar-refractivity contribution in [1.82, 2.24) is 0 Å². The van der Waals surface area contributed by atoms with Gasteiger partial charge >= 0.3 is 0 Å². The van der Waals surface area contributed by atoms with Gasteiger partial charge in [-0.05, 0) is 47.7 Å². The van der Waals surface area contributed by atoms with Crippen LogP contribution >= 0.6 is 0 Å². The van der Waals surface area contributed by atoms with Gasteiger partial charge in [0, 0.05) is 24.3 Å². The lowest BCUT2D eigenvalue weighted by molar-refractivity contribution is -0.117. The Hall–Kier alpha value is -2.62. The minimum Gasteiger partial charge on any atom is -0.326 e. The van der Waals surface area contributed by atoms with Gasteiger partial charge in [0.25, 0.3) is 0 Å². The summed E-state index contributed by atoms with van der Waals surface area (Å²) in [7, 11) is 0. The maximum atomic E-state index is 12.2. The first-order valence-corrected chi connectivity index (χ1v) is 8.82. The molecule has 25 heavy (non-hydrogen) atoms. The quantitative estimate of drug-likeness (QED) is 0.893. The van der Waals surface area contributed by atoms with Crippen LogP contribution in [-0.4, -0.2) is 18.4 Å². The zero-order valence-electron chi connectivity index (χ0n) is 14.8. The molecule has 3 rings (SSSR count). The molecule has 1 heterocycles. The molecule has 0 bridgehead atoms. The van der Waals surface area contributed by atoms with Crippen LogP contribution in [0.15, 0.2) is 48.5 Å². The Balaban J connectivity index is 1.58. The number of hydrogen-bond acceptors (Lipinski definition) is 2. The van der Waals surface area contributed by atoms with E-state index in [1.807, 2.05) is 48.5 Å². The Morgan fingerprint density at radius 3 is 2.32 bits per heavy atom. The molecule has 1 saturated heterocycles. The van der Waals surface area contributed by atoms with Crippen LogP contribution in [0, 0.1) is 0 Å². The van der Waals surface area contributed by atoms with E-state index in [4.69, 9.17) is 0 Å². The van der Waals surface area contributed by atoms with Gasteiger partial charge in [0.15, 0.2) is 0 Å². The molecule has 1 N–H and O–H groups in total. The summed E-state index contributed by atoms with van der Waals surface area (Å²) in [6.07, 6.45) is 1.86. The van der Waals surface area contributed by atoms with Crippen LogP contribution in [0.1, 0.15) is 43.7 Å². The molecule has 4 heteroatoms. The van der Waals surface area contributed by atoms with E-state index in [1.165, 1.54) is 5.56 Å². The molecule has 4 nitrogen and oxygen atoms in total. The van der Waals surface area contributed by atoms with Crippen molar-refractivity contribution in [2.45, 2.75) is 39.0 Å². The third kappa shape index (κ3) is 4.27. The van der Waals surface area contributed by atoms with Gasteiger partial charge in [0.1, 0.15) is 0 Å². The second-order valence-electron chi connectivity index (χ2n) is 6.82. The highest BCUT2D eigenvalue weighted by atomic mass is 16.2. The average Bonchev–Trinajstić information content (AvgIpc) is 3.02. The average molecular weight is 336 g/mol. The van der Waals surface area contributed by atoms with Gasteiger partial charge in [-0.15, -0.1) is 0 Å². The molecular weight excluding hydrogens is 312 g/mol. The number of nitrogens with zero attached hydrogens (tertiary/aromatic N) is 1. The molecule has 2 amide bonds. The van der Waals surface area contributed by atoms with Crippen molar-refractivity contribution in [1.29, 1.82) is 0 Å². The summed E-state index contributed by atoms with van der Waals surface area (Å²) in [4.78, 5) is 25.8. The molecule has 0 saturated carbocycles. The lowest BCUT2D eigenvalue weighted by atomic mass is 10.0. The predicted molar refractivity (Wildman–Crippen MR) is 101 cm³/mol. The molecule has 0 radical (unpaired) electrons. The van der Waals surface area contributed by atoms with Gasteiger partial charge in [0.2, 0.25) is 11.8 Å². The molecule has 0 aromatic heterocycles. The fraction of sp³-hybridized carbons (Fsp3) is 0.333. The largest absolute Gasteiger partial charge is 0.326 e. The highest BCUT2D eigenvalue weighted by Crippen LogP contribution is 2.22. The van der Waals surface area contributed by atoms with Crippen LogP contribution < -0.4 is 10.2 Å². The maximum Gasteiger partial charge on any atom is 0.228 e. The Morgan fingerprint density at radius 1 is 1.08 bits per heavy atom. The van der Waals surface area contributed by atoms with Gasteiger partial charge in [-0.2, -0.15) is 0 Å². The van der Waals surface area contributed by atoms with Crippen molar-refractivity contribution >= 4 is 23.2 Å². The molecule has 130 valence electrons. The van der Waals surface area contributed by atoms with Gasteiger partial charge in [0.05, 0.1) is 6.42 Å². The van der Waals surface area contributed by atoms with E-state index in [0.29, 0.717) is 18.8 Å². The normalized spacial score (nSPS) is 14.2. The molecule has 0 atom stereocenters. The van der Waals surface area contributed by atoms with Crippen LogP contribution in [0.5, 0.6) is 0 Å². The summed E-state index contributed by atoms with van der Waals surface area (Å²) in [6.45, 7) is 5.07. The van der Waals surface area contributed by atoms with E-state index in [2.05, 4.69) is 19.2 Å². The van der Waals surface area contributed by atoms with Gasteiger partial charge in [-0.25, -0.2) is 0 Å². The van der Waals surface area contributed by atoms with E-state index in [0.717, 1.165) is 29.9 Å². The zero-order chi connectivity index (χ0) is 17.8. The van der Waals surface area contributed by atoms with Crippen LogP contribution in [0.3, 0.4) is 0 Å². The summed E-state index contributed by atoms with van der Waals surface area (Å²) in [5.41, 5.74) is 3.92. The van der Waals surface area contributed by atoms with Crippen LogP contribution in [0.4, 0.5) is 11.4 Å². The van der Waals surface area contributed by atoms with Crippen LogP contribution in [-0.2, 0) is 16.0 Å². The zero-order valence-corrected chi connectivity index (χ0v) is 14.8. The molecule has 2 aromatic rings. The Bertz CT molecular complexity index is 748. The van der Waals surface area contributed by atoms with E-state index in [9.17, 15) is 9.59 Å². The van der Waals surface area contributed by atoms with E-state index in [1.54, 1.807) is 4.90 Å². The summed E-state index contributed by atoms with van der Waals surface area (Å²) in [5.74, 6) is 0.614. The van der Waals surface area contributed by atoms with Crippen molar-refractivity contribution < 1.29 is 9.59 Å². The van der Waals surface area contributed by atoms with E-state index >= 15 is 0 Å². The number of carbonyl (C=O) groups excluding carboxylic acids is 2. The first-order chi connectivity index (χ1) is 12.0. The first kappa shape index (κ1) is 17.2. The van der Waals surface area contributed by atoms with Crippen molar-refractivity contribution in [3.8, 4) is 0 Å². The highest BCUT2D eigenvalue weighted by molar-refractivity contribution is 5.95. The van der Waals surface area contributed by atoms with Crippen molar-refractivity contribution in [3.05, 3.63) is 59.7 Å². The Morgan fingerprint density at radius 2 is 1.76 bits per heavy atom. The molecule has 0 unspecified atom stereocenters. The molecule has 2 aromatic carbocycles. The standard InChI is InChI=1S/C21H24N2O2/c1-15(2)17-7-9-18(10-8-17)22-20(24)14-16-5-11-19(12-6-16)23-13-3-4-21(23)25/h5-12,15H,3-4,13-14H2,1-2H3,(H,22,24). The fourth-order valence-electron chi connectivity index (χ4n) is 3.06. The molecule has 1 fully saturated rings. The number of nitrogens with one attached hydrogen (secondary N) is 1. The van der Waals surface area contributed by atoms with Crippen molar-refractivity contribution in [3.63, 3.8) is 0 Å². The molecule has 0 spiro atoms. The van der Waals surface area contributed by atoms with Gasteiger partial charge in [-0.1, -0.05) is 38.1 Å². The summed E-state index contributed by atoms with van der Waals surface area (Å²) in [5, 5.41) is 2.93. The molecule has 1 aliphatic rings. The molecule has 1 aliphatic heterocycles. The minimum absolute atomic E-state index is 0.0395. The number of amides is 2. The Labute approximate surface area is 148 Å². The fourth-order valence-corrected chi connectivity index (χ4v) is 3.06.